The van der Waals surface area contributed by atoms with E-state index in [2.05, 4.69) is 154 Å². The lowest BCUT2D eigenvalue weighted by molar-refractivity contribution is -0.167. The number of unbranched alkanes of at least 4 members (excludes halogenated alkanes) is 13. The van der Waals surface area contributed by atoms with Gasteiger partial charge in [0.2, 0.25) is 0 Å². The van der Waals surface area contributed by atoms with Crippen LogP contribution in [-0.4, -0.2) is 37.2 Å². The summed E-state index contributed by atoms with van der Waals surface area (Å²) in [6.07, 6.45) is 75.8. The number of allylic oxidation sites excluding steroid dienone is 22. The molecule has 0 aliphatic heterocycles. The van der Waals surface area contributed by atoms with Gasteiger partial charge in [0.05, 0.1) is 0 Å². The van der Waals surface area contributed by atoms with Gasteiger partial charge < -0.3 is 14.2 Å². The number of esters is 3. The fraction of sp³-hybridized carbons (Fsp3) is 0.590. The molecule has 0 rings (SSSR count). The van der Waals surface area contributed by atoms with Gasteiger partial charge >= 0.3 is 17.9 Å². The highest BCUT2D eigenvalue weighted by atomic mass is 16.6. The van der Waals surface area contributed by atoms with Crippen molar-refractivity contribution in [1.29, 1.82) is 0 Å². The van der Waals surface area contributed by atoms with Crippen molar-refractivity contribution in [1.82, 2.24) is 0 Å². The van der Waals surface area contributed by atoms with Crippen molar-refractivity contribution < 1.29 is 28.6 Å². The molecule has 0 saturated heterocycles. The number of carbonyl (C=O) groups is 3. The Bertz CT molecular complexity index is 1480. The molecule has 67 heavy (non-hydrogen) atoms. The molecule has 0 aromatic rings. The molecule has 0 aliphatic carbocycles. The van der Waals surface area contributed by atoms with E-state index >= 15 is 0 Å². The van der Waals surface area contributed by atoms with Gasteiger partial charge in [-0.05, 0) is 128 Å². The largest absolute Gasteiger partial charge is 0.462 e. The summed E-state index contributed by atoms with van der Waals surface area (Å²) >= 11 is 0. The van der Waals surface area contributed by atoms with E-state index in [0.717, 1.165) is 109 Å². The summed E-state index contributed by atoms with van der Waals surface area (Å²) in [6, 6.07) is 0. The molecule has 0 aliphatic rings. The van der Waals surface area contributed by atoms with Crippen molar-refractivity contribution in [3.63, 3.8) is 0 Å². The second-order valence-corrected chi connectivity index (χ2v) is 17.0. The zero-order chi connectivity index (χ0) is 48.6. The van der Waals surface area contributed by atoms with Crippen LogP contribution in [0.5, 0.6) is 0 Å². The van der Waals surface area contributed by atoms with Crippen LogP contribution in [-0.2, 0) is 28.6 Å². The highest BCUT2D eigenvalue weighted by Crippen LogP contribution is 2.11. The number of ether oxygens (including phenoxy) is 3. The third-order valence-electron chi connectivity index (χ3n) is 10.6. The van der Waals surface area contributed by atoms with Crippen LogP contribution in [0, 0.1) is 0 Å². The average Bonchev–Trinajstić information content (AvgIpc) is 3.33. The van der Waals surface area contributed by atoms with Crippen molar-refractivity contribution in [2.45, 2.75) is 219 Å². The summed E-state index contributed by atoms with van der Waals surface area (Å²) in [5.74, 6) is -1.07. The Hall–Kier alpha value is -4.45. The fourth-order valence-corrected chi connectivity index (χ4v) is 6.62. The molecule has 0 radical (unpaired) electrons. The second-order valence-electron chi connectivity index (χ2n) is 17.0. The molecule has 0 saturated carbocycles. The summed E-state index contributed by atoms with van der Waals surface area (Å²) in [5, 5.41) is 0. The van der Waals surface area contributed by atoms with Crippen LogP contribution in [0.3, 0.4) is 0 Å². The van der Waals surface area contributed by atoms with E-state index in [4.69, 9.17) is 14.2 Å². The van der Waals surface area contributed by atoms with Gasteiger partial charge in [0.25, 0.3) is 0 Å². The number of hydrogen-bond donors (Lipinski definition) is 0. The first kappa shape index (κ1) is 62.5. The zero-order valence-electron chi connectivity index (χ0n) is 42.9. The molecule has 0 amide bonds. The monoisotopic (exact) mass is 925 g/mol. The maximum absolute atomic E-state index is 12.8. The van der Waals surface area contributed by atoms with Crippen molar-refractivity contribution in [3.8, 4) is 0 Å². The van der Waals surface area contributed by atoms with Crippen LogP contribution in [0.1, 0.15) is 213 Å². The van der Waals surface area contributed by atoms with Gasteiger partial charge in [-0.15, -0.1) is 0 Å². The van der Waals surface area contributed by atoms with Gasteiger partial charge in [-0.2, -0.15) is 0 Å². The van der Waals surface area contributed by atoms with Gasteiger partial charge in [0.1, 0.15) is 13.2 Å². The van der Waals surface area contributed by atoms with Crippen LogP contribution in [0.2, 0.25) is 0 Å². The van der Waals surface area contributed by atoms with Gasteiger partial charge in [-0.1, -0.05) is 199 Å². The summed E-state index contributed by atoms with van der Waals surface area (Å²) < 4.78 is 16.7. The first-order valence-electron chi connectivity index (χ1n) is 26.7. The molecule has 6 nitrogen and oxygen atoms in total. The average molecular weight is 925 g/mol. The van der Waals surface area contributed by atoms with E-state index in [1.165, 1.54) is 51.4 Å². The van der Waals surface area contributed by atoms with Crippen molar-refractivity contribution in [2.24, 2.45) is 0 Å². The highest BCUT2D eigenvalue weighted by molar-refractivity contribution is 5.71. The van der Waals surface area contributed by atoms with E-state index in [-0.39, 0.29) is 50.4 Å². The maximum Gasteiger partial charge on any atom is 0.306 e. The van der Waals surface area contributed by atoms with Crippen molar-refractivity contribution in [3.05, 3.63) is 134 Å². The molecule has 1 unspecified atom stereocenters. The van der Waals surface area contributed by atoms with Crippen LogP contribution in [0.15, 0.2) is 134 Å². The Balaban J connectivity index is 4.61. The van der Waals surface area contributed by atoms with Crippen molar-refractivity contribution in [2.75, 3.05) is 13.2 Å². The van der Waals surface area contributed by atoms with Gasteiger partial charge in [0.15, 0.2) is 6.10 Å². The van der Waals surface area contributed by atoms with Gasteiger partial charge in [-0.3, -0.25) is 14.4 Å². The van der Waals surface area contributed by atoms with Gasteiger partial charge in [0, 0.05) is 19.3 Å². The first-order chi connectivity index (χ1) is 33.0. The summed E-state index contributed by atoms with van der Waals surface area (Å²) in [7, 11) is 0. The lowest BCUT2D eigenvalue weighted by Crippen LogP contribution is -2.30. The molecule has 0 aromatic heterocycles. The molecular formula is C61H96O6. The predicted molar refractivity (Wildman–Crippen MR) is 288 cm³/mol. The lowest BCUT2D eigenvalue weighted by Gasteiger charge is -2.18. The molecule has 1 atom stereocenters. The number of rotatable bonds is 46. The Morgan fingerprint density at radius 1 is 0.313 bits per heavy atom. The summed E-state index contributed by atoms with van der Waals surface area (Å²) in [4.78, 5) is 38.0. The first-order valence-corrected chi connectivity index (χ1v) is 26.7. The number of carbonyl (C=O) groups excluding carboxylic acids is 3. The SMILES string of the molecule is CCC=CCC=CCC=CCC=CCC=CCCCC(=O)OCC(COC(=O)CCCC=CCC=CCC=CCC=CCCCCC)OC(=O)CCCCCCCC=CCC=CCCCCC. The number of hydrogen-bond acceptors (Lipinski definition) is 6. The molecule has 376 valence electrons. The van der Waals surface area contributed by atoms with Crippen LogP contribution >= 0.6 is 0 Å². The Kier molecular flexibility index (Phi) is 50.6. The normalized spacial score (nSPS) is 13.2. The third kappa shape index (κ3) is 52.4. The predicted octanol–water partition coefficient (Wildman–Crippen LogP) is 17.9. The molecule has 0 heterocycles. The van der Waals surface area contributed by atoms with Gasteiger partial charge in [-0.25, -0.2) is 0 Å². The lowest BCUT2D eigenvalue weighted by atomic mass is 10.1. The highest BCUT2D eigenvalue weighted by Gasteiger charge is 2.19. The summed E-state index contributed by atoms with van der Waals surface area (Å²) in [6.45, 7) is 6.34. The zero-order valence-corrected chi connectivity index (χ0v) is 42.9. The standard InChI is InChI=1S/C61H96O6/c1-4-7-10-13-16-19-22-25-28-30-33-35-38-41-44-47-50-53-59(62)65-56-58(67-61(64)55-52-49-46-43-40-37-32-27-24-21-18-15-12-9-6-3)57-66-60(63)54-51-48-45-42-39-36-34-31-29-26-23-20-17-14-11-8-5-2/h7,10,16-21,25-29,32-36,41-42,44-45,58H,4-6,8-9,11-15,22-24,30-31,37-40,43,46-57H2,1-3H3. The van der Waals surface area contributed by atoms with E-state index < -0.39 is 6.10 Å². The minimum absolute atomic E-state index is 0.135. The molecule has 0 bridgehead atoms. The molecule has 6 heteroatoms. The van der Waals surface area contributed by atoms with E-state index in [9.17, 15) is 14.4 Å². The summed E-state index contributed by atoms with van der Waals surface area (Å²) in [5.41, 5.74) is 0. The van der Waals surface area contributed by atoms with Crippen LogP contribution in [0.4, 0.5) is 0 Å². The van der Waals surface area contributed by atoms with Crippen LogP contribution in [0.25, 0.3) is 0 Å². The Labute approximate surface area is 411 Å². The topological polar surface area (TPSA) is 78.9 Å². The van der Waals surface area contributed by atoms with E-state index in [1.54, 1.807) is 0 Å². The van der Waals surface area contributed by atoms with Crippen LogP contribution < -0.4 is 0 Å². The third-order valence-corrected chi connectivity index (χ3v) is 10.6. The molecule has 0 spiro atoms. The van der Waals surface area contributed by atoms with E-state index in [1.807, 2.05) is 0 Å². The van der Waals surface area contributed by atoms with E-state index in [0.29, 0.717) is 12.8 Å². The minimum Gasteiger partial charge on any atom is -0.462 e. The second kappa shape index (κ2) is 54.2. The minimum atomic E-state index is -0.835. The Morgan fingerprint density at radius 3 is 0.955 bits per heavy atom. The molecule has 0 fully saturated rings. The fourth-order valence-electron chi connectivity index (χ4n) is 6.62. The van der Waals surface area contributed by atoms with Crippen molar-refractivity contribution >= 4 is 17.9 Å². The smallest absolute Gasteiger partial charge is 0.306 e. The molecule has 0 N–H and O–H groups in total. The molecule has 0 aromatic carbocycles. The quantitative estimate of drug-likeness (QED) is 0.0262. The molecular weight excluding hydrogens is 829 g/mol. The Morgan fingerprint density at radius 2 is 0.597 bits per heavy atom. The maximum atomic E-state index is 12.8.